The van der Waals surface area contributed by atoms with Crippen LogP contribution in [0.5, 0.6) is 0 Å². The number of ketones is 1. The Balaban J connectivity index is 1.70. The number of nitrogens with zero attached hydrogens (tertiary/aromatic N) is 1. The van der Waals surface area contributed by atoms with Gasteiger partial charge in [-0.05, 0) is 31.4 Å². The lowest BCUT2D eigenvalue weighted by atomic mass is 9.85. The van der Waals surface area contributed by atoms with Crippen LogP contribution in [0.4, 0.5) is 0 Å². The molecule has 2 atom stereocenters. The predicted octanol–water partition coefficient (Wildman–Crippen LogP) is 1.95. The fraction of sp³-hybridized carbons (Fsp3) is 0.471. The number of hydrogen-bond donors (Lipinski definition) is 0. The maximum atomic E-state index is 12.7. The number of rotatable bonds is 1. The van der Waals surface area contributed by atoms with Gasteiger partial charge in [0.15, 0.2) is 0 Å². The first-order valence-corrected chi connectivity index (χ1v) is 7.75. The maximum absolute atomic E-state index is 12.7. The second-order valence-electron chi connectivity index (χ2n) is 6.33. The summed E-state index contributed by atoms with van der Waals surface area (Å²) in [7, 11) is 0. The third kappa shape index (κ3) is 1.92. The van der Waals surface area contributed by atoms with Crippen molar-refractivity contribution in [2.45, 2.75) is 43.7 Å². The van der Waals surface area contributed by atoms with Crippen LogP contribution >= 0.6 is 0 Å². The molecule has 5 heteroatoms. The number of imide groups is 1. The van der Waals surface area contributed by atoms with Crippen molar-refractivity contribution < 1.29 is 19.1 Å². The van der Waals surface area contributed by atoms with Gasteiger partial charge in [-0.3, -0.25) is 19.3 Å². The topological polar surface area (TPSA) is 67.0 Å². The van der Waals surface area contributed by atoms with Crippen LogP contribution in [-0.2, 0) is 9.53 Å². The lowest BCUT2D eigenvalue weighted by Gasteiger charge is -2.32. The summed E-state index contributed by atoms with van der Waals surface area (Å²) >= 11 is 0. The van der Waals surface area contributed by atoms with E-state index in [0.717, 1.165) is 12.8 Å². The first-order valence-electron chi connectivity index (χ1n) is 7.75. The Morgan fingerprint density at radius 3 is 2.27 bits per heavy atom. The molecular weight excluding hydrogens is 282 g/mol. The van der Waals surface area contributed by atoms with Gasteiger partial charge in [-0.2, -0.15) is 0 Å². The van der Waals surface area contributed by atoms with E-state index in [0.29, 0.717) is 37.0 Å². The summed E-state index contributed by atoms with van der Waals surface area (Å²) in [6.07, 6.45) is 2.97. The third-order valence-corrected chi connectivity index (χ3v) is 5.01. The first-order chi connectivity index (χ1) is 10.6. The van der Waals surface area contributed by atoms with E-state index in [-0.39, 0.29) is 23.6 Å². The monoisotopic (exact) mass is 299 g/mol. The van der Waals surface area contributed by atoms with Gasteiger partial charge in [-0.1, -0.05) is 12.1 Å². The Morgan fingerprint density at radius 1 is 1.05 bits per heavy atom. The van der Waals surface area contributed by atoms with E-state index in [1.54, 1.807) is 24.3 Å². The summed E-state index contributed by atoms with van der Waals surface area (Å²) in [6.45, 7) is 0.569. The van der Waals surface area contributed by atoms with Crippen molar-refractivity contribution in [3.8, 4) is 0 Å². The van der Waals surface area contributed by atoms with E-state index < -0.39 is 5.60 Å². The fourth-order valence-electron chi connectivity index (χ4n) is 3.72. The van der Waals surface area contributed by atoms with E-state index in [4.69, 9.17) is 4.74 Å². The van der Waals surface area contributed by atoms with Gasteiger partial charge in [0, 0.05) is 12.8 Å². The number of fused-ring (bicyclic) bond motifs is 1. The van der Waals surface area contributed by atoms with Crippen molar-refractivity contribution in [1.29, 1.82) is 0 Å². The summed E-state index contributed by atoms with van der Waals surface area (Å²) in [5.74, 6) is -0.306. The Labute approximate surface area is 128 Å². The van der Waals surface area contributed by atoms with Crippen LogP contribution in [0.1, 0.15) is 52.8 Å². The number of benzene rings is 1. The molecule has 2 heterocycles. The Morgan fingerprint density at radius 2 is 1.68 bits per heavy atom. The van der Waals surface area contributed by atoms with E-state index in [1.165, 1.54) is 4.90 Å². The SMILES string of the molecule is O=C1CCCC2(CO2)C(N2C(=O)c3ccccc3C2=O)CC1. The number of ether oxygens (including phenoxy) is 1. The fourth-order valence-corrected chi connectivity index (χ4v) is 3.72. The molecule has 1 aromatic carbocycles. The highest BCUT2D eigenvalue weighted by molar-refractivity contribution is 6.21. The molecular formula is C17H17NO4. The zero-order valence-corrected chi connectivity index (χ0v) is 12.2. The van der Waals surface area contributed by atoms with Crippen molar-refractivity contribution in [2.24, 2.45) is 0 Å². The molecule has 0 radical (unpaired) electrons. The van der Waals surface area contributed by atoms with Crippen LogP contribution < -0.4 is 0 Å². The highest BCUT2D eigenvalue weighted by Gasteiger charge is 2.57. The molecule has 0 bridgehead atoms. The second kappa shape index (κ2) is 4.74. The van der Waals surface area contributed by atoms with Gasteiger partial charge in [0.2, 0.25) is 0 Å². The van der Waals surface area contributed by atoms with Gasteiger partial charge in [-0.25, -0.2) is 0 Å². The lowest BCUT2D eigenvalue weighted by molar-refractivity contribution is -0.120. The minimum atomic E-state index is -0.423. The summed E-state index contributed by atoms with van der Waals surface area (Å²) in [6, 6.07) is 6.56. The van der Waals surface area contributed by atoms with Crippen molar-refractivity contribution in [1.82, 2.24) is 4.90 Å². The van der Waals surface area contributed by atoms with Gasteiger partial charge >= 0.3 is 0 Å². The number of carbonyl (C=O) groups is 3. The number of carbonyl (C=O) groups excluding carboxylic acids is 3. The van der Waals surface area contributed by atoms with E-state index in [9.17, 15) is 14.4 Å². The van der Waals surface area contributed by atoms with Crippen molar-refractivity contribution in [3.05, 3.63) is 35.4 Å². The van der Waals surface area contributed by atoms with Crippen molar-refractivity contribution in [2.75, 3.05) is 6.61 Å². The van der Waals surface area contributed by atoms with E-state index in [2.05, 4.69) is 0 Å². The number of Topliss-reactive ketones (excluding diaryl/α,β-unsaturated/α-hetero) is 1. The summed E-state index contributed by atoms with van der Waals surface area (Å²) in [5.41, 5.74) is 0.488. The molecule has 4 rings (SSSR count). The van der Waals surface area contributed by atoms with Crippen LogP contribution in [0, 0.1) is 0 Å². The van der Waals surface area contributed by atoms with Gasteiger partial charge < -0.3 is 4.74 Å². The Bertz CT molecular complexity index is 642. The molecule has 114 valence electrons. The number of amides is 2. The largest absolute Gasteiger partial charge is 0.367 e. The highest BCUT2D eigenvalue weighted by atomic mass is 16.6. The Hall–Kier alpha value is -2.01. The lowest BCUT2D eigenvalue weighted by Crippen LogP contribution is -2.49. The molecule has 5 nitrogen and oxygen atoms in total. The molecule has 0 N–H and O–H groups in total. The minimum absolute atomic E-state index is 0.206. The quantitative estimate of drug-likeness (QED) is 0.587. The standard InChI is InChI=1S/C17H17NO4/c19-11-4-3-9-17(10-22-17)14(8-7-11)18-15(20)12-5-1-2-6-13(12)16(18)21/h1-2,5-6,14H,3-4,7-10H2. The summed E-state index contributed by atoms with van der Waals surface area (Å²) in [4.78, 5) is 38.5. The van der Waals surface area contributed by atoms with Gasteiger partial charge in [0.25, 0.3) is 11.8 Å². The summed E-state index contributed by atoms with van der Waals surface area (Å²) in [5, 5.41) is 0. The zero-order chi connectivity index (χ0) is 15.3. The molecule has 0 aromatic heterocycles. The van der Waals surface area contributed by atoms with Gasteiger partial charge in [0.1, 0.15) is 11.4 Å². The molecule has 1 aromatic rings. The highest BCUT2D eigenvalue weighted by Crippen LogP contribution is 2.44. The van der Waals surface area contributed by atoms with Crippen LogP contribution in [-0.4, -0.2) is 40.7 Å². The molecule has 1 saturated heterocycles. The molecule has 1 spiro atoms. The average molecular weight is 299 g/mol. The average Bonchev–Trinajstić information content (AvgIpc) is 3.25. The number of hydrogen-bond acceptors (Lipinski definition) is 4. The van der Waals surface area contributed by atoms with Crippen LogP contribution in [0.3, 0.4) is 0 Å². The molecule has 1 saturated carbocycles. The Kier molecular flexibility index (Phi) is 2.94. The van der Waals surface area contributed by atoms with Crippen molar-refractivity contribution >= 4 is 17.6 Å². The predicted molar refractivity (Wildman–Crippen MR) is 77.5 cm³/mol. The third-order valence-electron chi connectivity index (χ3n) is 5.01. The smallest absolute Gasteiger partial charge is 0.261 e. The molecule has 3 aliphatic rings. The molecule has 22 heavy (non-hydrogen) atoms. The molecule has 2 aliphatic heterocycles. The zero-order valence-electron chi connectivity index (χ0n) is 12.2. The van der Waals surface area contributed by atoms with E-state index >= 15 is 0 Å². The molecule has 2 unspecified atom stereocenters. The molecule has 2 fully saturated rings. The number of epoxide rings is 1. The van der Waals surface area contributed by atoms with Crippen LogP contribution in [0.2, 0.25) is 0 Å². The normalized spacial score (nSPS) is 31.2. The van der Waals surface area contributed by atoms with Crippen molar-refractivity contribution in [3.63, 3.8) is 0 Å². The molecule has 2 amide bonds. The van der Waals surface area contributed by atoms with E-state index in [1.807, 2.05) is 0 Å². The second-order valence-corrected chi connectivity index (χ2v) is 6.33. The molecule has 1 aliphatic carbocycles. The van der Waals surface area contributed by atoms with Gasteiger partial charge in [0.05, 0.1) is 23.8 Å². The van der Waals surface area contributed by atoms with Crippen LogP contribution in [0.25, 0.3) is 0 Å². The first kappa shape index (κ1) is 13.6. The maximum Gasteiger partial charge on any atom is 0.261 e. The van der Waals surface area contributed by atoms with Crippen LogP contribution in [0.15, 0.2) is 24.3 Å². The summed E-state index contributed by atoms with van der Waals surface area (Å²) < 4.78 is 5.67. The van der Waals surface area contributed by atoms with Gasteiger partial charge in [-0.15, -0.1) is 0 Å². The minimum Gasteiger partial charge on any atom is -0.367 e.